The van der Waals surface area contributed by atoms with E-state index in [1.807, 2.05) is 51.1 Å². The normalized spacial score (nSPS) is 11.7. The molecule has 2 heteroatoms. The van der Waals surface area contributed by atoms with Crippen molar-refractivity contribution in [1.29, 1.82) is 0 Å². The Balaban J connectivity index is 2.37. The second kappa shape index (κ2) is 5.50. The summed E-state index contributed by atoms with van der Waals surface area (Å²) in [5.41, 5.74) is 0.903. The van der Waals surface area contributed by atoms with Gasteiger partial charge in [0.15, 0.2) is 5.78 Å². The molecule has 86 valence electrons. The van der Waals surface area contributed by atoms with Crippen molar-refractivity contribution in [3.05, 3.63) is 48.2 Å². The van der Waals surface area contributed by atoms with Crippen molar-refractivity contribution in [2.45, 2.75) is 27.3 Å². The Labute approximate surface area is 97.4 Å². The lowest BCUT2D eigenvalue weighted by atomic mass is 9.91. The van der Waals surface area contributed by atoms with Gasteiger partial charge in [0.05, 0.1) is 0 Å². The molecule has 2 nitrogen and oxygen atoms in total. The number of benzene rings is 1. The lowest BCUT2D eigenvalue weighted by Crippen LogP contribution is -2.18. The zero-order valence-electron chi connectivity index (χ0n) is 10.2. The summed E-state index contributed by atoms with van der Waals surface area (Å²) in [6.07, 6.45) is 3.32. The maximum absolute atomic E-state index is 11.5. The van der Waals surface area contributed by atoms with Crippen molar-refractivity contribution in [1.82, 2.24) is 5.32 Å². The molecule has 0 aliphatic rings. The zero-order chi connectivity index (χ0) is 12.0. The number of carbonyl (C=O) groups excluding carboxylic acids is 1. The minimum absolute atomic E-state index is 0.132. The van der Waals surface area contributed by atoms with E-state index in [-0.39, 0.29) is 11.2 Å². The van der Waals surface area contributed by atoms with Crippen molar-refractivity contribution < 1.29 is 4.79 Å². The fourth-order valence-electron chi connectivity index (χ4n) is 1.16. The second-order valence-electron chi connectivity index (χ2n) is 4.81. The van der Waals surface area contributed by atoms with Crippen LogP contribution in [0.5, 0.6) is 0 Å². The molecule has 1 aromatic carbocycles. The van der Waals surface area contributed by atoms with E-state index >= 15 is 0 Å². The van der Waals surface area contributed by atoms with Gasteiger partial charge in [0, 0.05) is 18.2 Å². The van der Waals surface area contributed by atoms with Crippen LogP contribution in [0.3, 0.4) is 0 Å². The van der Waals surface area contributed by atoms with Crippen LogP contribution in [-0.4, -0.2) is 5.78 Å². The lowest BCUT2D eigenvalue weighted by Gasteiger charge is -2.12. The van der Waals surface area contributed by atoms with Crippen LogP contribution < -0.4 is 5.32 Å². The van der Waals surface area contributed by atoms with Crippen molar-refractivity contribution in [3.63, 3.8) is 0 Å². The van der Waals surface area contributed by atoms with E-state index in [0.29, 0.717) is 0 Å². The van der Waals surface area contributed by atoms with Gasteiger partial charge in [-0.25, -0.2) is 0 Å². The molecule has 0 aliphatic heterocycles. The number of rotatable bonds is 4. The number of nitrogens with one attached hydrogen (secondary N) is 1. The Kier molecular flexibility index (Phi) is 4.29. The molecule has 0 atom stereocenters. The third kappa shape index (κ3) is 4.30. The molecular formula is C14H19NO. The van der Waals surface area contributed by atoms with Gasteiger partial charge in [-0.3, -0.25) is 4.79 Å². The monoisotopic (exact) mass is 217 g/mol. The molecule has 0 unspecified atom stereocenters. The molecule has 0 saturated heterocycles. The average molecular weight is 217 g/mol. The SMILES string of the molecule is CC(C)(C)C(=O)/C=C/NCc1ccccc1. The molecule has 0 amide bonds. The Hall–Kier alpha value is -1.57. The highest BCUT2D eigenvalue weighted by Crippen LogP contribution is 2.14. The van der Waals surface area contributed by atoms with E-state index in [2.05, 4.69) is 5.32 Å². The molecule has 0 heterocycles. The summed E-state index contributed by atoms with van der Waals surface area (Å²) in [4.78, 5) is 11.5. The van der Waals surface area contributed by atoms with Gasteiger partial charge in [-0.15, -0.1) is 0 Å². The molecule has 1 aromatic rings. The third-order valence-corrected chi connectivity index (χ3v) is 2.24. The van der Waals surface area contributed by atoms with Crippen molar-refractivity contribution in [2.75, 3.05) is 0 Å². The van der Waals surface area contributed by atoms with E-state index in [0.717, 1.165) is 6.54 Å². The Morgan fingerprint density at radius 2 is 1.88 bits per heavy atom. The average Bonchev–Trinajstić information content (AvgIpc) is 2.24. The lowest BCUT2D eigenvalue weighted by molar-refractivity contribution is -0.121. The van der Waals surface area contributed by atoms with Crippen LogP contribution in [0.25, 0.3) is 0 Å². The molecule has 0 radical (unpaired) electrons. The molecule has 0 aromatic heterocycles. The van der Waals surface area contributed by atoms with Gasteiger partial charge < -0.3 is 5.32 Å². The van der Waals surface area contributed by atoms with Crippen LogP contribution in [0.2, 0.25) is 0 Å². The summed E-state index contributed by atoms with van der Waals surface area (Å²) in [6.45, 7) is 6.49. The maximum atomic E-state index is 11.5. The summed E-state index contributed by atoms with van der Waals surface area (Å²) >= 11 is 0. The van der Waals surface area contributed by atoms with Gasteiger partial charge >= 0.3 is 0 Å². The number of allylic oxidation sites excluding steroid dienone is 1. The first-order chi connectivity index (χ1) is 7.50. The smallest absolute Gasteiger partial charge is 0.162 e. The molecule has 0 aliphatic carbocycles. The van der Waals surface area contributed by atoms with Crippen LogP contribution in [-0.2, 0) is 11.3 Å². The first-order valence-corrected chi connectivity index (χ1v) is 5.48. The summed E-state index contributed by atoms with van der Waals surface area (Å²) in [7, 11) is 0. The largest absolute Gasteiger partial charge is 0.387 e. The molecule has 1 rings (SSSR count). The predicted octanol–water partition coefficient (Wildman–Crippen LogP) is 2.91. The topological polar surface area (TPSA) is 29.1 Å². The van der Waals surface area contributed by atoms with Crippen LogP contribution in [0.4, 0.5) is 0 Å². The Bertz CT molecular complexity index is 360. The molecule has 0 bridgehead atoms. The standard InChI is InChI=1S/C14H19NO/c1-14(2,3)13(16)9-10-15-11-12-7-5-4-6-8-12/h4-10,15H,11H2,1-3H3/b10-9+. The summed E-state index contributed by atoms with van der Waals surface area (Å²) in [5.74, 6) is 0.132. The molecule has 0 fully saturated rings. The van der Waals surface area contributed by atoms with Crippen molar-refractivity contribution in [3.8, 4) is 0 Å². The zero-order valence-corrected chi connectivity index (χ0v) is 10.2. The van der Waals surface area contributed by atoms with Crippen molar-refractivity contribution >= 4 is 5.78 Å². The number of hydrogen-bond acceptors (Lipinski definition) is 2. The minimum atomic E-state index is -0.301. The Morgan fingerprint density at radius 3 is 2.44 bits per heavy atom. The highest BCUT2D eigenvalue weighted by molar-refractivity contribution is 5.93. The van der Waals surface area contributed by atoms with Gasteiger partial charge in [-0.05, 0) is 11.6 Å². The maximum Gasteiger partial charge on any atom is 0.162 e. The van der Waals surface area contributed by atoms with E-state index in [4.69, 9.17) is 0 Å². The highest BCUT2D eigenvalue weighted by atomic mass is 16.1. The van der Waals surface area contributed by atoms with E-state index < -0.39 is 0 Å². The predicted molar refractivity (Wildman–Crippen MR) is 66.9 cm³/mol. The quantitative estimate of drug-likeness (QED) is 0.786. The molecular weight excluding hydrogens is 198 g/mol. The number of carbonyl (C=O) groups is 1. The van der Waals surface area contributed by atoms with Crippen LogP contribution >= 0.6 is 0 Å². The highest BCUT2D eigenvalue weighted by Gasteiger charge is 2.17. The summed E-state index contributed by atoms with van der Waals surface area (Å²) < 4.78 is 0. The van der Waals surface area contributed by atoms with Gasteiger partial charge in [0.1, 0.15) is 0 Å². The fourth-order valence-corrected chi connectivity index (χ4v) is 1.16. The molecule has 0 saturated carbocycles. The van der Waals surface area contributed by atoms with Crippen molar-refractivity contribution in [2.24, 2.45) is 5.41 Å². The van der Waals surface area contributed by atoms with Gasteiger partial charge in [0.25, 0.3) is 0 Å². The summed E-state index contributed by atoms with van der Waals surface area (Å²) in [6, 6.07) is 10.1. The number of hydrogen-bond donors (Lipinski definition) is 1. The van der Waals surface area contributed by atoms with Gasteiger partial charge in [-0.2, -0.15) is 0 Å². The molecule has 1 N–H and O–H groups in total. The minimum Gasteiger partial charge on any atom is -0.387 e. The first-order valence-electron chi connectivity index (χ1n) is 5.48. The molecule has 0 spiro atoms. The van der Waals surface area contributed by atoms with Crippen LogP contribution in [0.1, 0.15) is 26.3 Å². The first kappa shape index (κ1) is 12.5. The number of ketones is 1. The van der Waals surface area contributed by atoms with Gasteiger partial charge in [-0.1, -0.05) is 51.1 Å². The second-order valence-corrected chi connectivity index (χ2v) is 4.81. The van der Waals surface area contributed by atoms with E-state index in [1.54, 1.807) is 12.3 Å². The Morgan fingerprint density at radius 1 is 1.25 bits per heavy atom. The fraction of sp³-hybridized carbons (Fsp3) is 0.357. The third-order valence-electron chi connectivity index (χ3n) is 2.24. The van der Waals surface area contributed by atoms with Crippen LogP contribution in [0, 0.1) is 5.41 Å². The molecule has 16 heavy (non-hydrogen) atoms. The van der Waals surface area contributed by atoms with Gasteiger partial charge in [0.2, 0.25) is 0 Å². The summed E-state index contributed by atoms with van der Waals surface area (Å²) in [5, 5.41) is 3.10. The van der Waals surface area contributed by atoms with Crippen LogP contribution in [0.15, 0.2) is 42.6 Å². The van der Waals surface area contributed by atoms with E-state index in [9.17, 15) is 4.79 Å². The van der Waals surface area contributed by atoms with E-state index in [1.165, 1.54) is 5.56 Å².